The van der Waals surface area contributed by atoms with Crippen LogP contribution < -0.4 is 10.5 Å². The van der Waals surface area contributed by atoms with E-state index in [-0.39, 0.29) is 6.04 Å². The lowest BCUT2D eigenvalue weighted by atomic mass is 9.99. The van der Waals surface area contributed by atoms with E-state index in [4.69, 9.17) is 10.5 Å². The van der Waals surface area contributed by atoms with E-state index >= 15 is 0 Å². The second kappa shape index (κ2) is 5.98. The number of pyridine rings is 1. The third-order valence-electron chi connectivity index (χ3n) is 2.80. The fraction of sp³-hybridized carbons (Fsp3) is 0.214. The van der Waals surface area contributed by atoms with Gasteiger partial charge in [-0.05, 0) is 36.2 Å². The molecule has 0 aliphatic rings. The van der Waals surface area contributed by atoms with Gasteiger partial charge >= 0.3 is 0 Å². The standard InChI is InChI=1S/C14H15BrN2O/c1-18-14-9-11(15)2-3-12(14)13(16)8-10-4-6-17-7-5-10/h2-7,9,13H,8,16H2,1H3. The Hall–Kier alpha value is -1.39. The third kappa shape index (κ3) is 3.09. The van der Waals surface area contributed by atoms with Crippen LogP contribution in [0.3, 0.4) is 0 Å². The molecule has 2 N–H and O–H groups in total. The molecule has 0 bridgehead atoms. The van der Waals surface area contributed by atoms with Crippen LogP contribution in [0.15, 0.2) is 47.2 Å². The lowest BCUT2D eigenvalue weighted by molar-refractivity contribution is 0.405. The van der Waals surface area contributed by atoms with Gasteiger partial charge in [-0.1, -0.05) is 22.0 Å². The average Bonchev–Trinajstić information content (AvgIpc) is 2.39. The highest BCUT2D eigenvalue weighted by atomic mass is 79.9. The van der Waals surface area contributed by atoms with E-state index in [1.54, 1.807) is 19.5 Å². The lowest BCUT2D eigenvalue weighted by Crippen LogP contribution is -2.14. The van der Waals surface area contributed by atoms with Crippen LogP contribution in [-0.2, 0) is 6.42 Å². The third-order valence-corrected chi connectivity index (χ3v) is 3.29. The number of methoxy groups -OCH3 is 1. The monoisotopic (exact) mass is 306 g/mol. The first-order chi connectivity index (χ1) is 8.70. The molecule has 1 aromatic carbocycles. The molecule has 0 aliphatic heterocycles. The zero-order valence-electron chi connectivity index (χ0n) is 10.1. The van der Waals surface area contributed by atoms with Crippen molar-refractivity contribution in [3.8, 4) is 5.75 Å². The molecule has 1 aromatic heterocycles. The fourth-order valence-electron chi connectivity index (χ4n) is 1.87. The topological polar surface area (TPSA) is 48.1 Å². The van der Waals surface area contributed by atoms with E-state index in [1.165, 1.54) is 5.56 Å². The number of nitrogens with zero attached hydrogens (tertiary/aromatic N) is 1. The number of benzene rings is 1. The van der Waals surface area contributed by atoms with Gasteiger partial charge in [0.15, 0.2) is 0 Å². The average molecular weight is 307 g/mol. The van der Waals surface area contributed by atoms with Crippen LogP contribution >= 0.6 is 15.9 Å². The second-order valence-electron chi connectivity index (χ2n) is 4.05. The molecule has 0 aliphatic carbocycles. The summed E-state index contributed by atoms with van der Waals surface area (Å²) >= 11 is 3.42. The number of hydrogen-bond donors (Lipinski definition) is 1. The van der Waals surface area contributed by atoms with Crippen molar-refractivity contribution in [2.45, 2.75) is 12.5 Å². The molecule has 0 saturated heterocycles. The van der Waals surface area contributed by atoms with E-state index in [0.717, 1.165) is 22.2 Å². The van der Waals surface area contributed by atoms with Crippen LogP contribution in [0, 0.1) is 0 Å². The Morgan fingerprint density at radius 1 is 1.28 bits per heavy atom. The molecule has 94 valence electrons. The Morgan fingerprint density at radius 2 is 2.00 bits per heavy atom. The van der Waals surface area contributed by atoms with Gasteiger partial charge in [-0.15, -0.1) is 0 Å². The van der Waals surface area contributed by atoms with Crippen molar-refractivity contribution >= 4 is 15.9 Å². The molecular weight excluding hydrogens is 292 g/mol. The molecule has 4 heteroatoms. The highest BCUT2D eigenvalue weighted by Gasteiger charge is 2.12. The van der Waals surface area contributed by atoms with Gasteiger partial charge in [0.25, 0.3) is 0 Å². The summed E-state index contributed by atoms with van der Waals surface area (Å²) in [4.78, 5) is 4.00. The largest absolute Gasteiger partial charge is 0.496 e. The minimum absolute atomic E-state index is 0.0875. The van der Waals surface area contributed by atoms with Crippen molar-refractivity contribution in [3.63, 3.8) is 0 Å². The van der Waals surface area contributed by atoms with Gasteiger partial charge in [0, 0.05) is 28.5 Å². The molecule has 0 fully saturated rings. The molecule has 18 heavy (non-hydrogen) atoms. The van der Waals surface area contributed by atoms with Gasteiger partial charge in [0.05, 0.1) is 7.11 Å². The number of rotatable bonds is 4. The Balaban J connectivity index is 2.21. The van der Waals surface area contributed by atoms with E-state index in [0.29, 0.717) is 0 Å². The maximum atomic E-state index is 6.24. The van der Waals surface area contributed by atoms with Crippen molar-refractivity contribution in [2.75, 3.05) is 7.11 Å². The molecule has 0 amide bonds. The van der Waals surface area contributed by atoms with E-state index in [1.807, 2.05) is 30.3 Å². The summed E-state index contributed by atoms with van der Waals surface area (Å²) in [5.74, 6) is 0.811. The fourth-order valence-corrected chi connectivity index (χ4v) is 2.21. The van der Waals surface area contributed by atoms with Crippen molar-refractivity contribution < 1.29 is 4.74 Å². The van der Waals surface area contributed by atoms with Gasteiger partial charge in [0.1, 0.15) is 5.75 Å². The number of aromatic nitrogens is 1. The van der Waals surface area contributed by atoms with Gasteiger partial charge < -0.3 is 10.5 Å². The van der Waals surface area contributed by atoms with Crippen LogP contribution in [0.25, 0.3) is 0 Å². The molecule has 1 heterocycles. The lowest BCUT2D eigenvalue weighted by Gasteiger charge is -2.16. The van der Waals surface area contributed by atoms with Crippen LogP contribution in [0.1, 0.15) is 17.2 Å². The summed E-state index contributed by atoms with van der Waals surface area (Å²) in [6, 6.07) is 9.77. The molecular formula is C14H15BrN2O. The molecule has 1 unspecified atom stereocenters. The summed E-state index contributed by atoms with van der Waals surface area (Å²) in [5, 5.41) is 0. The first-order valence-corrected chi connectivity index (χ1v) is 6.48. The van der Waals surface area contributed by atoms with E-state index in [9.17, 15) is 0 Å². The predicted octanol–water partition coefficient (Wildman–Crippen LogP) is 3.10. The summed E-state index contributed by atoms with van der Waals surface area (Å²) in [6.45, 7) is 0. The zero-order chi connectivity index (χ0) is 13.0. The number of halogens is 1. The van der Waals surface area contributed by atoms with Crippen molar-refractivity contribution in [2.24, 2.45) is 5.73 Å². The maximum Gasteiger partial charge on any atom is 0.124 e. The summed E-state index contributed by atoms with van der Waals surface area (Å²) < 4.78 is 6.35. The number of ether oxygens (including phenoxy) is 1. The molecule has 2 rings (SSSR count). The second-order valence-corrected chi connectivity index (χ2v) is 4.97. The number of nitrogens with two attached hydrogens (primary N) is 1. The molecule has 0 radical (unpaired) electrons. The zero-order valence-corrected chi connectivity index (χ0v) is 11.7. The van der Waals surface area contributed by atoms with Crippen molar-refractivity contribution in [1.29, 1.82) is 0 Å². The number of hydrogen-bond acceptors (Lipinski definition) is 3. The Labute approximate surface area is 115 Å². The Bertz CT molecular complexity index is 516. The Kier molecular flexibility index (Phi) is 4.33. The quantitative estimate of drug-likeness (QED) is 0.944. The van der Waals surface area contributed by atoms with Crippen LogP contribution in [0.4, 0.5) is 0 Å². The normalized spacial score (nSPS) is 12.2. The molecule has 3 nitrogen and oxygen atoms in total. The first-order valence-electron chi connectivity index (χ1n) is 5.68. The van der Waals surface area contributed by atoms with Gasteiger partial charge in [-0.3, -0.25) is 4.98 Å². The summed E-state index contributed by atoms with van der Waals surface area (Å²) in [6.07, 6.45) is 4.32. The summed E-state index contributed by atoms with van der Waals surface area (Å²) in [7, 11) is 1.66. The molecule has 2 aromatic rings. The van der Waals surface area contributed by atoms with Gasteiger partial charge in [-0.25, -0.2) is 0 Å². The predicted molar refractivity (Wildman–Crippen MR) is 75.6 cm³/mol. The molecule has 1 atom stereocenters. The minimum Gasteiger partial charge on any atom is -0.496 e. The van der Waals surface area contributed by atoms with Crippen LogP contribution in [0.5, 0.6) is 5.75 Å². The van der Waals surface area contributed by atoms with Gasteiger partial charge in [0.2, 0.25) is 0 Å². The summed E-state index contributed by atoms with van der Waals surface area (Å²) in [5.41, 5.74) is 8.42. The first kappa shape index (κ1) is 13.1. The smallest absolute Gasteiger partial charge is 0.124 e. The highest BCUT2D eigenvalue weighted by Crippen LogP contribution is 2.29. The molecule has 0 saturated carbocycles. The van der Waals surface area contributed by atoms with Crippen molar-refractivity contribution in [1.82, 2.24) is 4.98 Å². The Morgan fingerprint density at radius 3 is 2.67 bits per heavy atom. The SMILES string of the molecule is COc1cc(Br)ccc1C(N)Cc1ccncc1. The van der Waals surface area contributed by atoms with E-state index < -0.39 is 0 Å². The van der Waals surface area contributed by atoms with Crippen LogP contribution in [-0.4, -0.2) is 12.1 Å². The van der Waals surface area contributed by atoms with E-state index in [2.05, 4.69) is 20.9 Å². The maximum absolute atomic E-state index is 6.24. The highest BCUT2D eigenvalue weighted by molar-refractivity contribution is 9.10. The molecule has 0 spiro atoms. The van der Waals surface area contributed by atoms with Crippen molar-refractivity contribution in [3.05, 3.63) is 58.3 Å². The van der Waals surface area contributed by atoms with Crippen LogP contribution in [0.2, 0.25) is 0 Å². The van der Waals surface area contributed by atoms with Gasteiger partial charge in [-0.2, -0.15) is 0 Å². The minimum atomic E-state index is -0.0875.